The summed E-state index contributed by atoms with van der Waals surface area (Å²) in [5.74, 6) is 0. The summed E-state index contributed by atoms with van der Waals surface area (Å²) in [5, 5.41) is 17.8. The van der Waals surface area contributed by atoms with Gasteiger partial charge in [0.2, 0.25) is 0 Å². The van der Waals surface area contributed by atoms with Crippen LogP contribution in [-0.4, -0.2) is 39.9 Å². The van der Waals surface area contributed by atoms with Crippen molar-refractivity contribution >= 4 is 6.09 Å². The van der Waals surface area contributed by atoms with Gasteiger partial charge in [-0.2, -0.15) is 0 Å². The van der Waals surface area contributed by atoms with E-state index in [1.54, 1.807) is 6.92 Å². The topological polar surface area (TPSA) is 60.8 Å². The monoisotopic (exact) mass is 145 g/mol. The van der Waals surface area contributed by atoms with Crippen LogP contribution >= 0.6 is 0 Å². The van der Waals surface area contributed by atoms with E-state index in [0.29, 0.717) is 13.0 Å². The van der Waals surface area contributed by atoms with Gasteiger partial charge in [0.1, 0.15) is 0 Å². The number of carboxylic acid groups (broad SMARTS) is 1. The molecule has 1 amide bonds. The van der Waals surface area contributed by atoms with Gasteiger partial charge in [-0.15, -0.1) is 0 Å². The fourth-order valence-electron chi connectivity index (χ4n) is 1.11. The number of likely N-dealkylation sites (tertiary alicyclic amines) is 1. The predicted molar refractivity (Wildman–Crippen MR) is 34.8 cm³/mol. The maximum atomic E-state index is 10.3. The van der Waals surface area contributed by atoms with Gasteiger partial charge in [-0.1, -0.05) is 0 Å². The molecular formula is C6H11NO3. The molecule has 1 rings (SSSR count). The van der Waals surface area contributed by atoms with E-state index in [2.05, 4.69) is 0 Å². The van der Waals surface area contributed by atoms with E-state index in [-0.39, 0.29) is 6.54 Å². The summed E-state index contributed by atoms with van der Waals surface area (Å²) >= 11 is 0. The zero-order valence-corrected chi connectivity index (χ0v) is 5.87. The van der Waals surface area contributed by atoms with Crippen LogP contribution in [0.1, 0.15) is 13.3 Å². The molecule has 1 aliphatic heterocycles. The first-order chi connectivity index (χ1) is 4.51. The highest BCUT2D eigenvalue weighted by Gasteiger charge is 2.33. The van der Waals surface area contributed by atoms with Crippen molar-refractivity contribution in [1.82, 2.24) is 4.90 Å². The van der Waals surface area contributed by atoms with Crippen LogP contribution in [0.15, 0.2) is 0 Å². The molecule has 0 aliphatic carbocycles. The minimum Gasteiger partial charge on any atom is -0.465 e. The Morgan fingerprint density at radius 2 is 2.30 bits per heavy atom. The van der Waals surface area contributed by atoms with Crippen molar-refractivity contribution in [2.75, 3.05) is 13.1 Å². The highest BCUT2D eigenvalue weighted by Crippen LogP contribution is 2.19. The second kappa shape index (κ2) is 2.12. The minimum atomic E-state index is -0.947. The summed E-state index contributed by atoms with van der Waals surface area (Å²) in [6.07, 6.45) is -0.406. The average molecular weight is 145 g/mol. The molecule has 0 radical (unpaired) electrons. The summed E-state index contributed by atoms with van der Waals surface area (Å²) in [6.45, 7) is 2.33. The van der Waals surface area contributed by atoms with Crippen molar-refractivity contribution < 1.29 is 15.0 Å². The molecule has 1 atom stereocenters. The van der Waals surface area contributed by atoms with Gasteiger partial charge in [0.25, 0.3) is 0 Å². The van der Waals surface area contributed by atoms with E-state index in [1.807, 2.05) is 0 Å². The van der Waals surface area contributed by atoms with Crippen LogP contribution in [0.3, 0.4) is 0 Å². The lowest BCUT2D eigenvalue weighted by Crippen LogP contribution is -2.32. The van der Waals surface area contributed by atoms with E-state index < -0.39 is 11.7 Å². The quantitative estimate of drug-likeness (QED) is 0.509. The summed E-state index contributed by atoms with van der Waals surface area (Å²) in [6, 6.07) is 0. The molecule has 1 aliphatic rings. The zero-order chi connectivity index (χ0) is 7.78. The number of carbonyl (C=O) groups is 1. The van der Waals surface area contributed by atoms with Crippen LogP contribution < -0.4 is 0 Å². The van der Waals surface area contributed by atoms with Crippen molar-refractivity contribution in [1.29, 1.82) is 0 Å². The number of rotatable bonds is 0. The molecule has 58 valence electrons. The van der Waals surface area contributed by atoms with Crippen molar-refractivity contribution in [3.05, 3.63) is 0 Å². The Morgan fingerprint density at radius 3 is 2.50 bits per heavy atom. The summed E-state index contributed by atoms with van der Waals surface area (Å²) in [4.78, 5) is 11.5. The fourth-order valence-corrected chi connectivity index (χ4v) is 1.11. The van der Waals surface area contributed by atoms with E-state index in [0.717, 1.165) is 0 Å². The van der Waals surface area contributed by atoms with E-state index in [1.165, 1.54) is 4.90 Å². The van der Waals surface area contributed by atoms with Crippen molar-refractivity contribution in [2.45, 2.75) is 18.9 Å². The van der Waals surface area contributed by atoms with Crippen LogP contribution in [0.4, 0.5) is 4.79 Å². The molecule has 1 saturated heterocycles. The molecule has 10 heavy (non-hydrogen) atoms. The second-order valence-electron chi connectivity index (χ2n) is 2.95. The molecule has 0 aromatic carbocycles. The largest absolute Gasteiger partial charge is 0.465 e. The van der Waals surface area contributed by atoms with Crippen LogP contribution in [0, 0.1) is 0 Å². The third-order valence-corrected chi connectivity index (χ3v) is 1.72. The Hall–Kier alpha value is -0.770. The normalized spacial score (nSPS) is 32.8. The maximum absolute atomic E-state index is 10.3. The smallest absolute Gasteiger partial charge is 0.407 e. The summed E-state index contributed by atoms with van der Waals surface area (Å²) in [5.41, 5.74) is -0.807. The number of hydrogen-bond acceptors (Lipinski definition) is 2. The molecule has 0 spiro atoms. The Balaban J connectivity index is 2.51. The van der Waals surface area contributed by atoms with Gasteiger partial charge in [0, 0.05) is 6.54 Å². The SMILES string of the molecule is CC1(O)CCN(C(=O)O)C1. The third-order valence-electron chi connectivity index (χ3n) is 1.72. The van der Waals surface area contributed by atoms with Gasteiger partial charge in [0.05, 0.1) is 12.1 Å². The second-order valence-corrected chi connectivity index (χ2v) is 2.95. The lowest BCUT2D eigenvalue weighted by molar-refractivity contribution is 0.0672. The summed E-state index contributed by atoms with van der Waals surface area (Å²) in [7, 11) is 0. The molecule has 1 heterocycles. The molecule has 2 N–H and O–H groups in total. The lowest BCUT2D eigenvalue weighted by Gasteiger charge is -2.15. The third kappa shape index (κ3) is 1.39. The molecule has 4 heteroatoms. The lowest BCUT2D eigenvalue weighted by atomic mass is 10.1. The number of nitrogens with zero attached hydrogens (tertiary/aromatic N) is 1. The molecular weight excluding hydrogens is 134 g/mol. The van der Waals surface area contributed by atoms with Crippen molar-refractivity contribution in [3.8, 4) is 0 Å². The van der Waals surface area contributed by atoms with Gasteiger partial charge in [-0.3, -0.25) is 0 Å². The Bertz CT molecular complexity index is 155. The fraction of sp³-hybridized carbons (Fsp3) is 0.833. The number of aliphatic hydroxyl groups is 1. The van der Waals surface area contributed by atoms with E-state index in [4.69, 9.17) is 5.11 Å². The predicted octanol–water partition coefficient (Wildman–Crippen LogP) is 0.121. The van der Waals surface area contributed by atoms with E-state index >= 15 is 0 Å². The number of β-amino-alcohol motifs (C(OH)–C–C–N with tert-alkyl or cyclic N) is 1. The van der Waals surface area contributed by atoms with Crippen molar-refractivity contribution in [2.24, 2.45) is 0 Å². The minimum absolute atomic E-state index is 0.238. The summed E-state index contributed by atoms with van der Waals surface area (Å²) < 4.78 is 0. The molecule has 0 aromatic heterocycles. The molecule has 1 unspecified atom stereocenters. The zero-order valence-electron chi connectivity index (χ0n) is 5.87. The van der Waals surface area contributed by atoms with Gasteiger partial charge >= 0.3 is 6.09 Å². The van der Waals surface area contributed by atoms with Crippen LogP contribution in [0.25, 0.3) is 0 Å². The molecule has 4 nitrogen and oxygen atoms in total. The average Bonchev–Trinajstić information content (AvgIpc) is 2.10. The first kappa shape index (κ1) is 7.34. The van der Waals surface area contributed by atoms with Gasteiger partial charge in [-0.05, 0) is 13.3 Å². The van der Waals surface area contributed by atoms with Gasteiger partial charge in [-0.25, -0.2) is 4.79 Å². The Labute approximate surface area is 59.1 Å². The molecule has 0 aromatic rings. The maximum Gasteiger partial charge on any atom is 0.407 e. The molecule has 0 saturated carbocycles. The first-order valence-electron chi connectivity index (χ1n) is 3.21. The van der Waals surface area contributed by atoms with Crippen LogP contribution in [-0.2, 0) is 0 Å². The van der Waals surface area contributed by atoms with Crippen LogP contribution in [0.2, 0.25) is 0 Å². The number of hydrogen-bond donors (Lipinski definition) is 2. The van der Waals surface area contributed by atoms with Gasteiger partial charge < -0.3 is 15.1 Å². The Morgan fingerprint density at radius 1 is 1.70 bits per heavy atom. The van der Waals surface area contributed by atoms with Crippen LogP contribution in [0.5, 0.6) is 0 Å². The highest BCUT2D eigenvalue weighted by atomic mass is 16.4. The van der Waals surface area contributed by atoms with Crippen molar-refractivity contribution in [3.63, 3.8) is 0 Å². The van der Waals surface area contributed by atoms with E-state index in [9.17, 15) is 9.90 Å². The Kier molecular flexibility index (Phi) is 1.56. The molecule has 1 fully saturated rings. The standard InChI is InChI=1S/C6H11NO3/c1-6(10)2-3-7(4-6)5(8)9/h10H,2-4H2,1H3,(H,8,9). The first-order valence-corrected chi connectivity index (χ1v) is 3.21. The highest BCUT2D eigenvalue weighted by molar-refractivity contribution is 5.65. The number of amides is 1. The molecule has 0 bridgehead atoms. The van der Waals surface area contributed by atoms with Gasteiger partial charge in [0.15, 0.2) is 0 Å².